The summed E-state index contributed by atoms with van der Waals surface area (Å²) in [5.41, 5.74) is 3.36. The van der Waals surface area contributed by atoms with Crippen molar-refractivity contribution in [1.82, 2.24) is 14.9 Å². The number of aromatic nitrogens is 2. The minimum atomic E-state index is 0.231. The Bertz CT molecular complexity index is 746. The average molecular weight is 352 g/mol. The number of rotatable bonds is 6. The van der Waals surface area contributed by atoms with Gasteiger partial charge < -0.3 is 10.2 Å². The summed E-state index contributed by atoms with van der Waals surface area (Å²) >= 11 is 0. The molecule has 26 heavy (non-hydrogen) atoms. The van der Waals surface area contributed by atoms with Crippen LogP contribution in [0.1, 0.15) is 36.6 Å². The van der Waals surface area contributed by atoms with E-state index in [2.05, 4.69) is 40.4 Å². The molecule has 2 aromatic rings. The first-order chi connectivity index (χ1) is 12.6. The number of carbonyl (C=O) groups excluding carboxylic acids is 1. The summed E-state index contributed by atoms with van der Waals surface area (Å²) in [5.74, 6) is 1.35. The Hall–Kier alpha value is -2.43. The summed E-state index contributed by atoms with van der Waals surface area (Å²) in [4.78, 5) is 23.4. The molecule has 1 atom stereocenters. The summed E-state index contributed by atoms with van der Waals surface area (Å²) in [6.45, 7) is 6.58. The summed E-state index contributed by atoms with van der Waals surface area (Å²) in [6.07, 6.45) is 5.46. The summed E-state index contributed by atoms with van der Waals surface area (Å²) < 4.78 is 0. The number of benzene rings is 1. The molecule has 2 heterocycles. The molecule has 5 heteroatoms. The fourth-order valence-electron chi connectivity index (χ4n) is 3.47. The number of carbonyl (C=O) groups is 1. The lowest BCUT2D eigenvalue weighted by atomic mass is 9.97. The van der Waals surface area contributed by atoms with Crippen molar-refractivity contribution in [3.8, 4) is 0 Å². The van der Waals surface area contributed by atoms with Crippen LogP contribution in [0.25, 0.3) is 0 Å². The number of hydrogen-bond donors (Lipinski definition) is 1. The van der Waals surface area contributed by atoms with E-state index in [1.54, 1.807) is 6.20 Å². The Labute approximate surface area is 155 Å². The highest BCUT2D eigenvalue weighted by molar-refractivity contribution is 5.79. The maximum atomic E-state index is 12.7. The van der Waals surface area contributed by atoms with E-state index in [1.807, 2.05) is 24.0 Å². The molecule has 0 saturated carbocycles. The third kappa shape index (κ3) is 5.04. The number of piperidine rings is 1. The van der Waals surface area contributed by atoms with E-state index in [9.17, 15) is 4.79 Å². The lowest BCUT2D eigenvalue weighted by Gasteiger charge is -2.33. The minimum Gasteiger partial charge on any atom is -0.354 e. The summed E-state index contributed by atoms with van der Waals surface area (Å²) in [7, 11) is 0. The molecule has 1 amide bonds. The molecule has 0 spiro atoms. The zero-order valence-corrected chi connectivity index (χ0v) is 15.7. The number of hydrogen-bond acceptors (Lipinski definition) is 4. The van der Waals surface area contributed by atoms with E-state index in [0.29, 0.717) is 18.3 Å². The molecule has 3 rings (SSSR count). The van der Waals surface area contributed by atoms with Gasteiger partial charge in [-0.3, -0.25) is 4.79 Å². The van der Waals surface area contributed by atoms with Crippen LogP contribution in [-0.2, 0) is 17.6 Å². The molecule has 1 aromatic heterocycles. The van der Waals surface area contributed by atoms with Crippen LogP contribution in [0.15, 0.2) is 36.5 Å². The van der Waals surface area contributed by atoms with Crippen LogP contribution in [0.2, 0.25) is 0 Å². The van der Waals surface area contributed by atoms with Crippen molar-refractivity contribution in [1.29, 1.82) is 0 Å². The minimum absolute atomic E-state index is 0.231. The smallest absolute Gasteiger partial charge is 0.226 e. The van der Waals surface area contributed by atoms with E-state index < -0.39 is 0 Å². The quantitative estimate of drug-likeness (QED) is 0.867. The summed E-state index contributed by atoms with van der Waals surface area (Å²) in [6, 6.07) is 10.3. The predicted octanol–water partition coefficient (Wildman–Crippen LogP) is 3.24. The fraction of sp³-hybridized carbons (Fsp3) is 0.476. The molecule has 5 nitrogen and oxygen atoms in total. The van der Waals surface area contributed by atoms with E-state index in [1.165, 1.54) is 5.56 Å². The molecule has 0 aliphatic carbocycles. The number of aryl methyl sites for hydroxylation is 2. The molecule has 0 radical (unpaired) electrons. The van der Waals surface area contributed by atoms with Crippen molar-refractivity contribution < 1.29 is 4.79 Å². The SMILES string of the molecule is CCc1cccc(CC(=O)N2CCCC(CNc3nccc(C)n3)C2)c1. The third-order valence-corrected chi connectivity index (χ3v) is 4.97. The molecule has 1 aliphatic heterocycles. The number of amides is 1. The normalized spacial score (nSPS) is 17.2. The topological polar surface area (TPSA) is 58.1 Å². The Morgan fingerprint density at radius 1 is 1.31 bits per heavy atom. The van der Waals surface area contributed by atoms with Gasteiger partial charge in [-0.2, -0.15) is 0 Å². The molecule has 1 fully saturated rings. The summed E-state index contributed by atoms with van der Waals surface area (Å²) in [5, 5.41) is 3.32. The predicted molar refractivity (Wildman–Crippen MR) is 104 cm³/mol. The molecule has 0 bridgehead atoms. The van der Waals surface area contributed by atoms with Gasteiger partial charge in [0.05, 0.1) is 6.42 Å². The van der Waals surface area contributed by atoms with Crippen LogP contribution in [0.5, 0.6) is 0 Å². The van der Waals surface area contributed by atoms with E-state index in [-0.39, 0.29) is 5.91 Å². The van der Waals surface area contributed by atoms with Crippen LogP contribution in [0.3, 0.4) is 0 Å². The lowest BCUT2D eigenvalue weighted by molar-refractivity contribution is -0.132. The van der Waals surface area contributed by atoms with Gasteiger partial charge in [0.15, 0.2) is 0 Å². The second-order valence-corrected chi connectivity index (χ2v) is 7.10. The molecule has 1 aromatic carbocycles. The highest BCUT2D eigenvalue weighted by atomic mass is 16.2. The van der Waals surface area contributed by atoms with E-state index in [4.69, 9.17) is 0 Å². The monoisotopic (exact) mass is 352 g/mol. The van der Waals surface area contributed by atoms with E-state index >= 15 is 0 Å². The average Bonchev–Trinajstić information content (AvgIpc) is 2.67. The van der Waals surface area contributed by atoms with Crippen molar-refractivity contribution in [2.24, 2.45) is 5.92 Å². The number of anilines is 1. The Morgan fingerprint density at radius 3 is 2.96 bits per heavy atom. The van der Waals surface area contributed by atoms with E-state index in [0.717, 1.165) is 50.2 Å². The van der Waals surface area contributed by atoms with Crippen LogP contribution in [0.4, 0.5) is 5.95 Å². The van der Waals surface area contributed by atoms with Gasteiger partial charge >= 0.3 is 0 Å². The fourth-order valence-corrected chi connectivity index (χ4v) is 3.47. The Morgan fingerprint density at radius 2 is 2.15 bits per heavy atom. The molecule has 1 N–H and O–H groups in total. The van der Waals surface area contributed by atoms with Crippen LogP contribution in [0, 0.1) is 12.8 Å². The highest BCUT2D eigenvalue weighted by Crippen LogP contribution is 2.18. The number of nitrogens with zero attached hydrogens (tertiary/aromatic N) is 3. The van der Waals surface area contributed by atoms with Crippen LogP contribution in [-0.4, -0.2) is 40.4 Å². The zero-order chi connectivity index (χ0) is 18.4. The van der Waals surface area contributed by atoms with Crippen LogP contribution >= 0.6 is 0 Å². The second-order valence-electron chi connectivity index (χ2n) is 7.10. The van der Waals surface area contributed by atoms with Gasteiger partial charge in [0, 0.05) is 31.5 Å². The van der Waals surface area contributed by atoms with Crippen molar-refractivity contribution in [2.45, 2.75) is 39.5 Å². The van der Waals surface area contributed by atoms with Crippen molar-refractivity contribution in [3.05, 3.63) is 53.3 Å². The molecule has 138 valence electrons. The molecular formula is C21H28N4O. The van der Waals surface area contributed by atoms with Crippen molar-refractivity contribution in [3.63, 3.8) is 0 Å². The molecule has 1 aliphatic rings. The lowest BCUT2D eigenvalue weighted by Crippen LogP contribution is -2.42. The van der Waals surface area contributed by atoms with Gasteiger partial charge in [0.1, 0.15) is 0 Å². The first-order valence-electron chi connectivity index (χ1n) is 9.53. The second kappa shape index (κ2) is 8.79. The highest BCUT2D eigenvalue weighted by Gasteiger charge is 2.23. The Balaban J connectivity index is 1.53. The van der Waals surface area contributed by atoms with Gasteiger partial charge in [0.2, 0.25) is 11.9 Å². The maximum absolute atomic E-state index is 12.7. The van der Waals surface area contributed by atoms with Gasteiger partial charge in [-0.05, 0) is 49.3 Å². The van der Waals surface area contributed by atoms with Crippen molar-refractivity contribution >= 4 is 11.9 Å². The first kappa shape index (κ1) is 18.4. The molecule has 1 unspecified atom stereocenters. The van der Waals surface area contributed by atoms with Gasteiger partial charge in [-0.1, -0.05) is 31.2 Å². The standard InChI is InChI=1S/C21H28N4O/c1-3-17-6-4-7-18(12-17)13-20(26)25-11-5-8-19(15-25)14-23-21-22-10-9-16(2)24-21/h4,6-7,9-10,12,19H,3,5,8,11,13-15H2,1-2H3,(H,22,23,24). The van der Waals surface area contributed by atoms with Gasteiger partial charge in [-0.25, -0.2) is 9.97 Å². The maximum Gasteiger partial charge on any atom is 0.226 e. The molecule has 1 saturated heterocycles. The number of nitrogens with one attached hydrogen (secondary N) is 1. The molecular weight excluding hydrogens is 324 g/mol. The van der Waals surface area contributed by atoms with Crippen LogP contribution < -0.4 is 5.32 Å². The van der Waals surface area contributed by atoms with Gasteiger partial charge in [0.25, 0.3) is 0 Å². The third-order valence-electron chi connectivity index (χ3n) is 4.97. The number of likely N-dealkylation sites (tertiary alicyclic amines) is 1. The Kier molecular flexibility index (Phi) is 6.21. The zero-order valence-electron chi connectivity index (χ0n) is 15.7. The van der Waals surface area contributed by atoms with Crippen molar-refractivity contribution in [2.75, 3.05) is 25.0 Å². The largest absolute Gasteiger partial charge is 0.354 e. The van der Waals surface area contributed by atoms with Gasteiger partial charge in [-0.15, -0.1) is 0 Å². The first-order valence-corrected chi connectivity index (χ1v) is 9.53.